The number of carbonyl (C=O) groups excluding carboxylic acids is 2. The first-order valence-corrected chi connectivity index (χ1v) is 10.3. The van der Waals surface area contributed by atoms with E-state index in [9.17, 15) is 9.59 Å². The summed E-state index contributed by atoms with van der Waals surface area (Å²) in [6.07, 6.45) is 0.769. The van der Waals surface area contributed by atoms with Crippen LogP contribution in [0.3, 0.4) is 0 Å². The van der Waals surface area contributed by atoms with E-state index in [0.29, 0.717) is 23.2 Å². The predicted molar refractivity (Wildman–Crippen MR) is 110 cm³/mol. The number of ether oxygens (including phenoxy) is 2. The summed E-state index contributed by atoms with van der Waals surface area (Å²) in [6, 6.07) is 8.65. The Hall–Kier alpha value is -1.89. The van der Waals surface area contributed by atoms with E-state index >= 15 is 0 Å². The van der Waals surface area contributed by atoms with Crippen LogP contribution in [0, 0.1) is 5.41 Å². The third-order valence-corrected chi connectivity index (χ3v) is 6.13. The Bertz CT molecular complexity index is 887. The summed E-state index contributed by atoms with van der Waals surface area (Å²) < 4.78 is 10.6. The van der Waals surface area contributed by atoms with Crippen LogP contribution in [0.1, 0.15) is 42.8 Å². The predicted octanol–water partition coefficient (Wildman–Crippen LogP) is 4.63. The van der Waals surface area contributed by atoms with Crippen molar-refractivity contribution in [3.63, 3.8) is 0 Å². The summed E-state index contributed by atoms with van der Waals surface area (Å²) >= 11 is 7.85. The molecule has 0 N–H and O–H groups in total. The summed E-state index contributed by atoms with van der Waals surface area (Å²) in [5.74, 6) is -0.599. The first kappa shape index (κ1) is 20.8. The quantitative estimate of drug-likeness (QED) is 0.674. The van der Waals surface area contributed by atoms with Gasteiger partial charge in [0, 0.05) is 23.0 Å². The minimum absolute atomic E-state index is 0.258. The highest BCUT2D eigenvalue weighted by Crippen LogP contribution is 2.38. The molecule has 1 aliphatic heterocycles. The lowest BCUT2D eigenvalue weighted by atomic mass is 9.97. The van der Waals surface area contributed by atoms with Crippen molar-refractivity contribution in [3.8, 4) is 5.06 Å². The van der Waals surface area contributed by atoms with Gasteiger partial charge in [0.25, 0.3) is 0 Å². The first-order chi connectivity index (χ1) is 13.2. The number of methoxy groups -OCH3 is 1. The van der Waals surface area contributed by atoms with E-state index in [2.05, 4.69) is 4.90 Å². The highest BCUT2D eigenvalue weighted by atomic mass is 35.5. The molecule has 1 aromatic heterocycles. The van der Waals surface area contributed by atoms with E-state index in [4.69, 9.17) is 21.1 Å². The van der Waals surface area contributed by atoms with Crippen LogP contribution in [0.4, 0.5) is 0 Å². The third-order valence-electron chi connectivity index (χ3n) is 4.67. The number of hydrogen-bond donors (Lipinski definition) is 0. The van der Waals surface area contributed by atoms with Gasteiger partial charge in [0.05, 0.1) is 12.5 Å². The van der Waals surface area contributed by atoms with Gasteiger partial charge in [-0.3, -0.25) is 9.69 Å². The van der Waals surface area contributed by atoms with Crippen molar-refractivity contribution < 1.29 is 19.1 Å². The number of benzene rings is 1. The molecule has 1 aliphatic rings. The first-order valence-electron chi connectivity index (χ1n) is 9.11. The number of thiophene rings is 1. The average Bonchev–Trinajstić information content (AvgIpc) is 3.04. The van der Waals surface area contributed by atoms with E-state index in [-0.39, 0.29) is 11.9 Å². The summed E-state index contributed by atoms with van der Waals surface area (Å²) in [4.78, 5) is 27.9. The number of rotatable bonds is 4. The van der Waals surface area contributed by atoms with Gasteiger partial charge in [0.15, 0.2) is 5.06 Å². The molecule has 3 rings (SSSR count). The molecule has 28 heavy (non-hydrogen) atoms. The molecule has 1 aromatic carbocycles. The van der Waals surface area contributed by atoms with Crippen LogP contribution in [0.25, 0.3) is 0 Å². The Morgan fingerprint density at radius 2 is 1.96 bits per heavy atom. The minimum Gasteiger partial charge on any atom is -0.468 e. The Morgan fingerprint density at radius 3 is 2.61 bits per heavy atom. The van der Waals surface area contributed by atoms with Gasteiger partial charge >= 0.3 is 11.9 Å². The van der Waals surface area contributed by atoms with E-state index in [1.54, 1.807) is 6.07 Å². The van der Waals surface area contributed by atoms with E-state index in [1.807, 2.05) is 45.0 Å². The molecule has 2 aromatic rings. The van der Waals surface area contributed by atoms with Crippen molar-refractivity contribution in [2.24, 2.45) is 5.41 Å². The highest BCUT2D eigenvalue weighted by molar-refractivity contribution is 7.14. The van der Waals surface area contributed by atoms with Crippen LogP contribution in [0.5, 0.6) is 5.06 Å². The largest absolute Gasteiger partial charge is 0.468 e. The molecule has 2 heterocycles. The van der Waals surface area contributed by atoms with Crippen molar-refractivity contribution in [2.75, 3.05) is 13.7 Å². The van der Waals surface area contributed by atoms with Crippen LogP contribution in [0.2, 0.25) is 5.02 Å². The maximum Gasteiger partial charge on any atom is 0.327 e. The van der Waals surface area contributed by atoms with Gasteiger partial charge in [0.2, 0.25) is 0 Å². The van der Waals surface area contributed by atoms with Gasteiger partial charge < -0.3 is 9.47 Å². The van der Waals surface area contributed by atoms with Gasteiger partial charge in [-0.05, 0) is 50.5 Å². The number of nitrogens with zero attached hydrogens (tertiary/aromatic N) is 1. The molecular formula is C21H24ClNO4S. The maximum absolute atomic E-state index is 12.5. The SMILES string of the molecule is COC(=O)[C@H](c1ccccc1Cl)N1CCc2sc(OC(=O)C(C)(C)C)cc2C1. The van der Waals surface area contributed by atoms with Gasteiger partial charge in [0.1, 0.15) is 6.04 Å². The maximum atomic E-state index is 12.5. The summed E-state index contributed by atoms with van der Waals surface area (Å²) in [6.45, 7) is 6.73. The Kier molecular flexibility index (Phi) is 6.12. The van der Waals surface area contributed by atoms with Crippen LogP contribution in [-0.2, 0) is 27.3 Å². The number of carbonyl (C=O) groups is 2. The van der Waals surface area contributed by atoms with Crippen LogP contribution in [0.15, 0.2) is 30.3 Å². The molecule has 5 nitrogen and oxygen atoms in total. The molecule has 0 unspecified atom stereocenters. The molecule has 0 saturated carbocycles. The smallest absolute Gasteiger partial charge is 0.327 e. The Morgan fingerprint density at radius 1 is 1.25 bits per heavy atom. The van der Waals surface area contributed by atoms with Crippen LogP contribution in [-0.4, -0.2) is 30.5 Å². The molecule has 1 atom stereocenters. The topological polar surface area (TPSA) is 55.8 Å². The average molecular weight is 422 g/mol. The second-order valence-electron chi connectivity index (χ2n) is 7.82. The zero-order chi connectivity index (χ0) is 20.5. The lowest BCUT2D eigenvalue weighted by Gasteiger charge is -2.33. The second kappa shape index (κ2) is 8.23. The van der Waals surface area contributed by atoms with Gasteiger partial charge in [-0.15, -0.1) is 11.3 Å². The molecule has 150 valence electrons. The Balaban J connectivity index is 1.84. The number of esters is 2. The molecule has 0 radical (unpaired) electrons. The van der Waals surface area contributed by atoms with Crippen molar-refractivity contribution in [1.29, 1.82) is 0 Å². The normalized spacial score (nSPS) is 15.6. The number of hydrogen-bond acceptors (Lipinski definition) is 6. The molecule has 0 spiro atoms. The van der Waals surface area contributed by atoms with Crippen molar-refractivity contribution in [3.05, 3.63) is 51.4 Å². The third kappa shape index (κ3) is 4.40. The van der Waals surface area contributed by atoms with Gasteiger partial charge in [-0.2, -0.15) is 0 Å². The molecule has 0 aliphatic carbocycles. The number of halogens is 1. The second-order valence-corrected chi connectivity index (χ2v) is 9.33. The summed E-state index contributed by atoms with van der Waals surface area (Å²) in [5.41, 5.74) is 1.24. The lowest BCUT2D eigenvalue weighted by molar-refractivity contribution is -0.147. The molecule has 0 bridgehead atoms. The fourth-order valence-electron chi connectivity index (χ4n) is 3.12. The van der Waals surface area contributed by atoms with E-state index in [0.717, 1.165) is 17.5 Å². The number of fused-ring (bicyclic) bond motifs is 1. The molecule has 0 amide bonds. The molecular weight excluding hydrogens is 398 g/mol. The standard InChI is InChI=1S/C21H24ClNO4S/c1-21(2,3)20(25)27-17-11-13-12-23(10-9-16(13)28-17)18(19(24)26-4)14-7-5-6-8-15(14)22/h5-8,11,18H,9-10,12H2,1-4H3/t18-/m0/s1. The zero-order valence-electron chi connectivity index (χ0n) is 16.5. The molecule has 0 fully saturated rings. The summed E-state index contributed by atoms with van der Waals surface area (Å²) in [7, 11) is 1.39. The van der Waals surface area contributed by atoms with Crippen molar-refractivity contribution in [2.45, 2.75) is 39.8 Å². The van der Waals surface area contributed by atoms with Gasteiger partial charge in [-0.1, -0.05) is 29.8 Å². The van der Waals surface area contributed by atoms with Crippen molar-refractivity contribution in [1.82, 2.24) is 4.90 Å². The lowest BCUT2D eigenvalue weighted by Crippen LogP contribution is -2.38. The molecule has 0 saturated heterocycles. The Labute approximate surface area is 174 Å². The fraction of sp³-hybridized carbons (Fsp3) is 0.429. The summed E-state index contributed by atoms with van der Waals surface area (Å²) in [5, 5.41) is 1.13. The zero-order valence-corrected chi connectivity index (χ0v) is 18.0. The monoisotopic (exact) mass is 421 g/mol. The minimum atomic E-state index is -0.577. The van der Waals surface area contributed by atoms with E-state index in [1.165, 1.54) is 23.3 Å². The van der Waals surface area contributed by atoms with E-state index < -0.39 is 11.5 Å². The van der Waals surface area contributed by atoms with Crippen molar-refractivity contribution >= 4 is 34.9 Å². The van der Waals surface area contributed by atoms with Gasteiger partial charge in [-0.25, -0.2) is 4.79 Å². The van der Waals surface area contributed by atoms with Crippen LogP contribution < -0.4 is 4.74 Å². The van der Waals surface area contributed by atoms with Crippen LogP contribution >= 0.6 is 22.9 Å². The highest BCUT2D eigenvalue weighted by Gasteiger charge is 2.34. The molecule has 7 heteroatoms. The fourth-order valence-corrected chi connectivity index (χ4v) is 4.37.